The van der Waals surface area contributed by atoms with Gasteiger partial charge in [0, 0.05) is 19.3 Å². The molecule has 0 bridgehead atoms. The standard InChI is InChI=1S/C61H112O6/c1-4-7-10-13-16-19-22-24-26-28-30-32-34-36-39-42-45-48-51-54-60(63)66-57-58(56-65-59(62)53-50-47-44-41-38-21-18-15-12-9-6-3)67-61(64)55-52-49-46-43-40-37-35-33-31-29-27-25-23-20-17-14-11-8-5-2/h15-16,18-19,24,26,58H,4-14,17,20-23,25,27-57H2,1-3H3/b18-15-,19-16-,26-24-/t58-/m1/s1. The molecular formula is C61H112O6. The Morgan fingerprint density at radius 3 is 0.910 bits per heavy atom. The van der Waals surface area contributed by atoms with Crippen molar-refractivity contribution in [3.05, 3.63) is 36.5 Å². The Bertz CT molecular complexity index is 1130. The molecule has 0 rings (SSSR count). The SMILES string of the molecule is CCCC/C=C\CCCCCCCC(=O)OC[C@H](COC(=O)CCCCCCCCCCC/C=C\C/C=C\CCCCC)OC(=O)CCCCCCCCCCCCCCCCCCCCC. The minimum absolute atomic E-state index is 0.0735. The molecule has 6 heteroatoms. The van der Waals surface area contributed by atoms with Crippen molar-refractivity contribution in [3.63, 3.8) is 0 Å². The van der Waals surface area contributed by atoms with E-state index in [0.717, 1.165) is 70.6 Å². The summed E-state index contributed by atoms with van der Waals surface area (Å²) >= 11 is 0. The van der Waals surface area contributed by atoms with Gasteiger partial charge in [0.1, 0.15) is 13.2 Å². The summed E-state index contributed by atoms with van der Waals surface area (Å²) in [4.78, 5) is 38.1. The van der Waals surface area contributed by atoms with Crippen molar-refractivity contribution in [1.82, 2.24) is 0 Å². The maximum Gasteiger partial charge on any atom is 0.306 e. The molecule has 6 nitrogen and oxygen atoms in total. The van der Waals surface area contributed by atoms with Crippen LogP contribution in [0, 0.1) is 0 Å². The first-order valence-electron chi connectivity index (χ1n) is 29.5. The lowest BCUT2D eigenvalue weighted by molar-refractivity contribution is -0.167. The largest absolute Gasteiger partial charge is 0.462 e. The van der Waals surface area contributed by atoms with Gasteiger partial charge in [-0.15, -0.1) is 0 Å². The second kappa shape index (κ2) is 56.2. The molecule has 0 aromatic rings. The lowest BCUT2D eigenvalue weighted by Gasteiger charge is -2.18. The smallest absolute Gasteiger partial charge is 0.306 e. The van der Waals surface area contributed by atoms with Gasteiger partial charge >= 0.3 is 17.9 Å². The van der Waals surface area contributed by atoms with Crippen LogP contribution >= 0.6 is 0 Å². The van der Waals surface area contributed by atoms with Crippen LogP contribution in [0.4, 0.5) is 0 Å². The maximum atomic E-state index is 12.9. The van der Waals surface area contributed by atoms with Crippen molar-refractivity contribution in [2.24, 2.45) is 0 Å². The van der Waals surface area contributed by atoms with Gasteiger partial charge < -0.3 is 14.2 Å². The van der Waals surface area contributed by atoms with Crippen LogP contribution in [0.5, 0.6) is 0 Å². The molecule has 0 amide bonds. The molecule has 392 valence electrons. The third kappa shape index (κ3) is 54.4. The number of carbonyl (C=O) groups is 3. The molecule has 0 aliphatic heterocycles. The number of hydrogen-bond donors (Lipinski definition) is 0. The lowest BCUT2D eigenvalue weighted by atomic mass is 10.0. The quantitative estimate of drug-likeness (QED) is 0.0262. The molecule has 0 unspecified atom stereocenters. The summed E-state index contributed by atoms with van der Waals surface area (Å²) in [7, 11) is 0. The fourth-order valence-corrected chi connectivity index (χ4v) is 8.63. The molecule has 0 aromatic heterocycles. The van der Waals surface area contributed by atoms with Crippen molar-refractivity contribution in [2.45, 2.75) is 322 Å². The van der Waals surface area contributed by atoms with Gasteiger partial charge in [0.05, 0.1) is 0 Å². The Morgan fingerprint density at radius 1 is 0.299 bits per heavy atom. The lowest BCUT2D eigenvalue weighted by Crippen LogP contribution is -2.30. The molecule has 67 heavy (non-hydrogen) atoms. The second-order valence-electron chi connectivity index (χ2n) is 19.9. The van der Waals surface area contributed by atoms with Gasteiger partial charge in [-0.3, -0.25) is 14.4 Å². The monoisotopic (exact) mass is 941 g/mol. The van der Waals surface area contributed by atoms with E-state index in [4.69, 9.17) is 14.2 Å². The van der Waals surface area contributed by atoms with Crippen molar-refractivity contribution in [2.75, 3.05) is 13.2 Å². The van der Waals surface area contributed by atoms with Crippen LogP contribution in [-0.4, -0.2) is 37.2 Å². The molecule has 0 saturated heterocycles. The van der Waals surface area contributed by atoms with Gasteiger partial charge in [-0.2, -0.15) is 0 Å². The van der Waals surface area contributed by atoms with Crippen molar-refractivity contribution in [1.29, 1.82) is 0 Å². The average Bonchev–Trinajstić information content (AvgIpc) is 3.33. The van der Waals surface area contributed by atoms with Gasteiger partial charge in [0.15, 0.2) is 6.10 Å². The number of rotatable bonds is 54. The highest BCUT2D eigenvalue weighted by Crippen LogP contribution is 2.17. The minimum Gasteiger partial charge on any atom is -0.462 e. The van der Waals surface area contributed by atoms with Crippen molar-refractivity contribution in [3.8, 4) is 0 Å². The summed E-state index contributed by atoms with van der Waals surface area (Å²) in [5, 5.41) is 0. The Balaban J connectivity index is 4.28. The molecule has 1 atom stereocenters. The van der Waals surface area contributed by atoms with Crippen LogP contribution in [0.2, 0.25) is 0 Å². The van der Waals surface area contributed by atoms with Gasteiger partial charge in [-0.1, -0.05) is 263 Å². The van der Waals surface area contributed by atoms with Crippen LogP contribution in [0.25, 0.3) is 0 Å². The molecule has 0 aromatic carbocycles. The Kier molecular flexibility index (Phi) is 54.2. The second-order valence-corrected chi connectivity index (χ2v) is 19.9. The first kappa shape index (κ1) is 64.6. The van der Waals surface area contributed by atoms with E-state index in [1.165, 1.54) is 205 Å². The van der Waals surface area contributed by atoms with Crippen LogP contribution in [0.3, 0.4) is 0 Å². The highest BCUT2D eigenvalue weighted by Gasteiger charge is 2.19. The number of esters is 3. The van der Waals surface area contributed by atoms with E-state index in [1.807, 2.05) is 0 Å². The molecule has 0 saturated carbocycles. The van der Waals surface area contributed by atoms with Gasteiger partial charge in [-0.25, -0.2) is 0 Å². The van der Waals surface area contributed by atoms with E-state index in [1.54, 1.807) is 0 Å². The van der Waals surface area contributed by atoms with E-state index in [2.05, 4.69) is 57.2 Å². The first-order valence-corrected chi connectivity index (χ1v) is 29.5. The van der Waals surface area contributed by atoms with E-state index >= 15 is 0 Å². The summed E-state index contributed by atoms with van der Waals surface area (Å²) in [5.74, 6) is -0.869. The Labute approximate surface area is 416 Å². The number of carbonyl (C=O) groups excluding carboxylic acids is 3. The third-order valence-electron chi connectivity index (χ3n) is 13.1. The molecule has 0 spiro atoms. The van der Waals surface area contributed by atoms with Crippen LogP contribution in [0.15, 0.2) is 36.5 Å². The number of hydrogen-bond acceptors (Lipinski definition) is 6. The third-order valence-corrected chi connectivity index (χ3v) is 13.1. The van der Waals surface area contributed by atoms with E-state index < -0.39 is 6.10 Å². The van der Waals surface area contributed by atoms with Gasteiger partial charge in [0.25, 0.3) is 0 Å². The zero-order valence-corrected chi connectivity index (χ0v) is 44.9. The van der Waals surface area contributed by atoms with E-state index in [0.29, 0.717) is 19.3 Å². The van der Waals surface area contributed by atoms with Crippen molar-refractivity contribution < 1.29 is 28.6 Å². The summed E-state index contributed by atoms with van der Waals surface area (Å²) in [5.41, 5.74) is 0. The maximum absolute atomic E-state index is 12.9. The van der Waals surface area contributed by atoms with Crippen LogP contribution in [-0.2, 0) is 28.6 Å². The summed E-state index contributed by atoms with van der Waals surface area (Å²) in [6.07, 6.45) is 67.1. The molecule has 0 radical (unpaired) electrons. The fourth-order valence-electron chi connectivity index (χ4n) is 8.63. The number of unbranched alkanes of at least 4 members (excludes halogenated alkanes) is 37. The van der Waals surface area contributed by atoms with Crippen molar-refractivity contribution >= 4 is 17.9 Å². The van der Waals surface area contributed by atoms with E-state index in [-0.39, 0.29) is 31.1 Å². The topological polar surface area (TPSA) is 78.9 Å². The summed E-state index contributed by atoms with van der Waals surface area (Å²) < 4.78 is 16.9. The Morgan fingerprint density at radius 2 is 0.552 bits per heavy atom. The highest BCUT2D eigenvalue weighted by atomic mass is 16.6. The van der Waals surface area contributed by atoms with E-state index in [9.17, 15) is 14.4 Å². The zero-order chi connectivity index (χ0) is 48.6. The molecule has 0 heterocycles. The predicted octanol–water partition coefficient (Wildman–Crippen LogP) is 19.7. The minimum atomic E-state index is -0.774. The molecule has 0 fully saturated rings. The summed E-state index contributed by atoms with van der Waals surface area (Å²) in [6.45, 7) is 6.61. The van der Waals surface area contributed by atoms with Crippen LogP contribution < -0.4 is 0 Å². The Hall–Kier alpha value is -2.37. The average molecular weight is 942 g/mol. The molecule has 0 aliphatic rings. The molecule has 0 aliphatic carbocycles. The van der Waals surface area contributed by atoms with Crippen LogP contribution in [0.1, 0.15) is 316 Å². The van der Waals surface area contributed by atoms with Gasteiger partial charge in [-0.05, 0) is 70.6 Å². The fraction of sp³-hybridized carbons (Fsp3) is 0.852. The van der Waals surface area contributed by atoms with Gasteiger partial charge in [0.2, 0.25) is 0 Å². The summed E-state index contributed by atoms with van der Waals surface area (Å²) in [6, 6.07) is 0. The number of ether oxygens (including phenoxy) is 3. The predicted molar refractivity (Wildman–Crippen MR) is 289 cm³/mol. The molecular weight excluding hydrogens is 829 g/mol. The number of allylic oxidation sites excluding steroid dienone is 6. The zero-order valence-electron chi connectivity index (χ0n) is 44.9. The molecule has 0 N–H and O–H groups in total. The highest BCUT2D eigenvalue weighted by molar-refractivity contribution is 5.71. The normalized spacial score (nSPS) is 12.2. The first-order chi connectivity index (χ1) is 33.0.